The van der Waals surface area contributed by atoms with Gasteiger partial charge in [-0.3, -0.25) is 0 Å². The summed E-state index contributed by atoms with van der Waals surface area (Å²) in [7, 11) is 0. The summed E-state index contributed by atoms with van der Waals surface area (Å²) in [5.41, 5.74) is 1.19. The van der Waals surface area contributed by atoms with Gasteiger partial charge in [0.1, 0.15) is 5.82 Å². The fourth-order valence-corrected chi connectivity index (χ4v) is 4.15. The molecular weight excluding hydrogens is 261 g/mol. The Labute approximate surface area is 127 Å². The van der Waals surface area contributed by atoms with Gasteiger partial charge < -0.3 is 5.32 Å². The van der Waals surface area contributed by atoms with Crippen LogP contribution in [0.1, 0.15) is 45.2 Å². The SMILES string of the molecule is CC(C)C(NC(C)C1CC2C=CC1C2)c1ccc(F)cc1. The molecule has 21 heavy (non-hydrogen) atoms. The molecule has 3 rings (SSSR count). The zero-order valence-electron chi connectivity index (χ0n) is 13.2. The number of nitrogens with one attached hydrogen (secondary N) is 1. The molecule has 1 saturated carbocycles. The largest absolute Gasteiger partial charge is 0.307 e. The van der Waals surface area contributed by atoms with Crippen LogP contribution in [0.4, 0.5) is 4.39 Å². The van der Waals surface area contributed by atoms with Crippen molar-refractivity contribution >= 4 is 0 Å². The molecule has 0 radical (unpaired) electrons. The summed E-state index contributed by atoms with van der Waals surface area (Å²) in [5, 5.41) is 3.82. The number of halogens is 1. The Kier molecular flexibility index (Phi) is 4.17. The molecule has 114 valence electrons. The third kappa shape index (κ3) is 3.06. The van der Waals surface area contributed by atoms with Crippen LogP contribution in [0.3, 0.4) is 0 Å². The number of allylic oxidation sites excluding steroid dienone is 2. The molecule has 0 saturated heterocycles. The van der Waals surface area contributed by atoms with E-state index in [0.717, 1.165) is 17.8 Å². The van der Waals surface area contributed by atoms with Crippen LogP contribution >= 0.6 is 0 Å². The molecule has 1 N–H and O–H groups in total. The maximum Gasteiger partial charge on any atom is 0.123 e. The fraction of sp³-hybridized carbons (Fsp3) is 0.579. The van der Waals surface area contributed by atoms with E-state index < -0.39 is 0 Å². The molecule has 2 heteroatoms. The topological polar surface area (TPSA) is 12.0 Å². The number of rotatable bonds is 5. The van der Waals surface area contributed by atoms with Crippen molar-refractivity contribution in [2.24, 2.45) is 23.7 Å². The van der Waals surface area contributed by atoms with E-state index in [9.17, 15) is 4.39 Å². The van der Waals surface area contributed by atoms with E-state index in [1.165, 1.54) is 18.4 Å². The van der Waals surface area contributed by atoms with Crippen molar-refractivity contribution in [3.05, 3.63) is 47.8 Å². The predicted octanol–water partition coefficient (Wildman–Crippen LogP) is 4.71. The van der Waals surface area contributed by atoms with Crippen LogP contribution in [0.2, 0.25) is 0 Å². The van der Waals surface area contributed by atoms with Crippen molar-refractivity contribution < 1.29 is 4.39 Å². The van der Waals surface area contributed by atoms with Gasteiger partial charge >= 0.3 is 0 Å². The third-order valence-corrected chi connectivity index (χ3v) is 5.31. The summed E-state index contributed by atoms with van der Waals surface area (Å²) >= 11 is 0. The van der Waals surface area contributed by atoms with Crippen molar-refractivity contribution in [1.82, 2.24) is 5.32 Å². The lowest BCUT2D eigenvalue weighted by molar-refractivity contribution is 0.273. The van der Waals surface area contributed by atoms with E-state index in [4.69, 9.17) is 0 Å². The first-order valence-electron chi connectivity index (χ1n) is 8.24. The zero-order valence-corrected chi connectivity index (χ0v) is 13.2. The highest BCUT2D eigenvalue weighted by Crippen LogP contribution is 2.45. The van der Waals surface area contributed by atoms with E-state index in [1.807, 2.05) is 12.1 Å². The molecule has 0 spiro atoms. The highest BCUT2D eigenvalue weighted by molar-refractivity contribution is 5.21. The summed E-state index contributed by atoms with van der Waals surface area (Å²) in [6, 6.07) is 7.77. The Morgan fingerprint density at radius 2 is 1.76 bits per heavy atom. The first kappa shape index (κ1) is 14.8. The monoisotopic (exact) mass is 287 g/mol. The van der Waals surface area contributed by atoms with Crippen LogP contribution < -0.4 is 5.32 Å². The molecule has 2 bridgehead atoms. The van der Waals surface area contributed by atoms with Gasteiger partial charge in [-0.05, 0) is 61.1 Å². The van der Waals surface area contributed by atoms with E-state index in [2.05, 4.69) is 38.2 Å². The lowest BCUT2D eigenvalue weighted by Gasteiger charge is -2.32. The van der Waals surface area contributed by atoms with Crippen molar-refractivity contribution in [3.8, 4) is 0 Å². The van der Waals surface area contributed by atoms with E-state index >= 15 is 0 Å². The molecule has 1 fully saturated rings. The van der Waals surface area contributed by atoms with E-state index in [0.29, 0.717) is 18.0 Å². The van der Waals surface area contributed by atoms with Crippen LogP contribution in [0.25, 0.3) is 0 Å². The van der Waals surface area contributed by atoms with Crippen molar-refractivity contribution in [1.29, 1.82) is 0 Å². The smallest absolute Gasteiger partial charge is 0.123 e. The van der Waals surface area contributed by atoms with Gasteiger partial charge in [0.15, 0.2) is 0 Å². The van der Waals surface area contributed by atoms with Crippen LogP contribution in [0.5, 0.6) is 0 Å². The summed E-state index contributed by atoms with van der Waals surface area (Å²) in [6.07, 6.45) is 7.48. The van der Waals surface area contributed by atoms with Crippen LogP contribution in [0, 0.1) is 29.5 Å². The van der Waals surface area contributed by atoms with Crippen LogP contribution in [0.15, 0.2) is 36.4 Å². The number of hydrogen-bond acceptors (Lipinski definition) is 1. The lowest BCUT2D eigenvalue weighted by atomic mass is 9.86. The molecule has 0 aliphatic heterocycles. The minimum Gasteiger partial charge on any atom is -0.307 e. The lowest BCUT2D eigenvalue weighted by Crippen LogP contribution is -2.39. The number of benzene rings is 1. The minimum absolute atomic E-state index is 0.160. The maximum absolute atomic E-state index is 13.1. The number of hydrogen-bond donors (Lipinski definition) is 1. The quantitative estimate of drug-likeness (QED) is 0.773. The van der Waals surface area contributed by atoms with Crippen LogP contribution in [-0.4, -0.2) is 6.04 Å². The summed E-state index contributed by atoms with van der Waals surface area (Å²) < 4.78 is 13.1. The van der Waals surface area contributed by atoms with E-state index in [1.54, 1.807) is 12.1 Å². The third-order valence-electron chi connectivity index (χ3n) is 5.31. The Morgan fingerprint density at radius 3 is 2.29 bits per heavy atom. The summed E-state index contributed by atoms with van der Waals surface area (Å²) in [4.78, 5) is 0. The fourth-order valence-electron chi connectivity index (χ4n) is 4.15. The average Bonchev–Trinajstić information content (AvgIpc) is 3.08. The molecule has 1 nitrogen and oxygen atoms in total. The van der Waals surface area contributed by atoms with Gasteiger partial charge in [-0.2, -0.15) is 0 Å². The van der Waals surface area contributed by atoms with Crippen LogP contribution in [-0.2, 0) is 0 Å². The second kappa shape index (κ2) is 5.92. The molecular formula is C19H26FN. The molecule has 2 aliphatic rings. The van der Waals surface area contributed by atoms with Gasteiger partial charge in [0.05, 0.1) is 0 Å². The molecule has 0 aromatic heterocycles. The molecule has 1 aromatic rings. The minimum atomic E-state index is -0.160. The summed E-state index contributed by atoms with van der Waals surface area (Å²) in [5.74, 6) is 2.66. The van der Waals surface area contributed by atoms with Gasteiger partial charge in [-0.25, -0.2) is 4.39 Å². The van der Waals surface area contributed by atoms with Crippen molar-refractivity contribution in [3.63, 3.8) is 0 Å². The normalized spacial score (nSPS) is 30.0. The van der Waals surface area contributed by atoms with Gasteiger partial charge in [0.2, 0.25) is 0 Å². The first-order chi connectivity index (χ1) is 10.0. The molecule has 0 heterocycles. The Hall–Kier alpha value is -1.15. The second-order valence-electron chi connectivity index (χ2n) is 7.17. The van der Waals surface area contributed by atoms with Gasteiger partial charge in [0.25, 0.3) is 0 Å². The Morgan fingerprint density at radius 1 is 1.05 bits per heavy atom. The first-order valence-corrected chi connectivity index (χ1v) is 8.24. The zero-order chi connectivity index (χ0) is 15.0. The second-order valence-corrected chi connectivity index (χ2v) is 7.17. The Balaban J connectivity index is 1.70. The standard InChI is InChI=1S/C19H26FN/c1-12(2)19(15-6-8-17(20)9-7-15)21-13(3)18-11-14-4-5-16(18)10-14/h4-9,12-14,16,18-19,21H,10-11H2,1-3H3. The predicted molar refractivity (Wildman–Crippen MR) is 85.4 cm³/mol. The van der Waals surface area contributed by atoms with Crippen molar-refractivity contribution in [2.45, 2.75) is 45.7 Å². The highest BCUT2D eigenvalue weighted by atomic mass is 19.1. The van der Waals surface area contributed by atoms with Gasteiger partial charge in [-0.1, -0.05) is 38.1 Å². The summed E-state index contributed by atoms with van der Waals surface area (Å²) in [6.45, 7) is 6.78. The van der Waals surface area contributed by atoms with E-state index in [-0.39, 0.29) is 5.82 Å². The number of fused-ring (bicyclic) bond motifs is 2. The molecule has 0 amide bonds. The molecule has 5 unspecified atom stereocenters. The Bertz CT molecular complexity index is 505. The molecule has 1 aromatic carbocycles. The molecule has 2 aliphatic carbocycles. The van der Waals surface area contributed by atoms with Gasteiger partial charge in [-0.15, -0.1) is 0 Å². The maximum atomic E-state index is 13.1. The average molecular weight is 287 g/mol. The van der Waals surface area contributed by atoms with Crippen molar-refractivity contribution in [2.75, 3.05) is 0 Å². The molecule has 5 atom stereocenters. The van der Waals surface area contributed by atoms with Gasteiger partial charge in [0, 0.05) is 12.1 Å². The highest BCUT2D eigenvalue weighted by Gasteiger charge is 2.39.